The van der Waals surface area contributed by atoms with Crippen molar-refractivity contribution in [3.63, 3.8) is 0 Å². The summed E-state index contributed by atoms with van der Waals surface area (Å²) in [6.07, 6.45) is 6.34. The van der Waals surface area contributed by atoms with Gasteiger partial charge in [-0.1, -0.05) is 26.0 Å². The maximum absolute atomic E-state index is 13.0. The van der Waals surface area contributed by atoms with Crippen molar-refractivity contribution in [1.82, 2.24) is 19.7 Å². The molecule has 1 aliphatic heterocycles. The number of hydrogen-bond donors (Lipinski definition) is 3. The molecule has 0 saturated carbocycles. The van der Waals surface area contributed by atoms with E-state index < -0.39 is 15.6 Å². The van der Waals surface area contributed by atoms with Crippen LogP contribution in [0, 0.1) is 5.41 Å². The lowest BCUT2D eigenvalue weighted by Gasteiger charge is -2.32. The Kier molecular flexibility index (Phi) is 7.10. The zero-order valence-electron chi connectivity index (χ0n) is 23.7. The summed E-state index contributed by atoms with van der Waals surface area (Å²) in [5.41, 5.74) is 17.0. The molecule has 3 aromatic rings. The third-order valence-electron chi connectivity index (χ3n) is 7.10. The number of nitrogens with two attached hydrogens (primary N) is 2. The second-order valence-electron chi connectivity index (χ2n) is 12.0. The van der Waals surface area contributed by atoms with Gasteiger partial charge in [-0.25, -0.2) is 28.1 Å². The minimum atomic E-state index is -3.91. The molecular formula is C29H37N7O3S. The first-order valence-electron chi connectivity index (χ1n) is 13.3. The summed E-state index contributed by atoms with van der Waals surface area (Å²) in [7, 11) is -3.91. The molecule has 0 atom stereocenters. The van der Waals surface area contributed by atoms with Crippen LogP contribution in [0.1, 0.15) is 51.4 Å². The van der Waals surface area contributed by atoms with Crippen LogP contribution >= 0.6 is 0 Å². The summed E-state index contributed by atoms with van der Waals surface area (Å²) in [5, 5.41) is 0. The van der Waals surface area contributed by atoms with Gasteiger partial charge in [0.05, 0.1) is 12.2 Å². The first-order valence-corrected chi connectivity index (χ1v) is 14.8. The van der Waals surface area contributed by atoms with Crippen molar-refractivity contribution < 1.29 is 13.2 Å². The number of sulfonamides is 1. The molecule has 5 rings (SSSR count). The van der Waals surface area contributed by atoms with E-state index in [4.69, 9.17) is 21.2 Å². The number of benzene rings is 1. The smallest absolute Gasteiger partial charge is 0.244 e. The minimum absolute atomic E-state index is 0.0128. The number of nitrogens with zero attached hydrogens (tertiary/aromatic N) is 4. The fraction of sp³-hybridized carbons (Fsp3) is 0.414. The maximum Gasteiger partial charge on any atom is 0.244 e. The van der Waals surface area contributed by atoms with Gasteiger partial charge in [-0.2, -0.15) is 0 Å². The Morgan fingerprint density at radius 1 is 1.15 bits per heavy atom. The summed E-state index contributed by atoms with van der Waals surface area (Å²) in [6.45, 7) is 11.9. The molecule has 0 spiro atoms. The van der Waals surface area contributed by atoms with Gasteiger partial charge in [0.2, 0.25) is 10.0 Å². The Hall–Kier alpha value is -3.54. The van der Waals surface area contributed by atoms with Gasteiger partial charge in [0.1, 0.15) is 35.2 Å². The van der Waals surface area contributed by atoms with Gasteiger partial charge in [-0.15, -0.1) is 0 Å². The lowest BCUT2D eigenvalue weighted by Crippen LogP contribution is -2.45. The molecule has 2 aliphatic rings. The van der Waals surface area contributed by atoms with Crippen LogP contribution in [0.4, 0.5) is 11.6 Å². The van der Waals surface area contributed by atoms with Crippen molar-refractivity contribution in [1.29, 1.82) is 0 Å². The van der Waals surface area contributed by atoms with E-state index >= 15 is 0 Å². The second-order valence-corrected chi connectivity index (χ2v) is 13.8. The molecule has 40 heavy (non-hydrogen) atoms. The monoisotopic (exact) mass is 563 g/mol. The zero-order valence-corrected chi connectivity index (χ0v) is 24.5. The molecular weight excluding hydrogens is 526 g/mol. The number of rotatable bonds is 6. The van der Waals surface area contributed by atoms with Crippen LogP contribution in [0.5, 0.6) is 5.75 Å². The molecule has 212 valence electrons. The highest BCUT2D eigenvalue weighted by Gasteiger charge is 2.30. The number of aromatic nitrogens is 3. The topological polar surface area (TPSA) is 149 Å². The molecule has 0 radical (unpaired) electrons. The third-order valence-corrected chi connectivity index (χ3v) is 8.53. The average molecular weight is 564 g/mol. The predicted molar refractivity (Wildman–Crippen MR) is 157 cm³/mol. The van der Waals surface area contributed by atoms with E-state index in [1.807, 2.05) is 18.2 Å². The van der Waals surface area contributed by atoms with Gasteiger partial charge in [-0.05, 0) is 61.9 Å². The van der Waals surface area contributed by atoms with Gasteiger partial charge < -0.3 is 21.1 Å². The van der Waals surface area contributed by atoms with Gasteiger partial charge in [-0.3, -0.25) is 0 Å². The molecule has 0 amide bonds. The molecule has 0 fully saturated rings. The van der Waals surface area contributed by atoms with E-state index in [9.17, 15) is 8.42 Å². The van der Waals surface area contributed by atoms with Gasteiger partial charge in [0.25, 0.3) is 0 Å². The number of anilines is 2. The zero-order chi connectivity index (χ0) is 28.9. The summed E-state index contributed by atoms with van der Waals surface area (Å²) in [5.74, 6) is 1.63. The van der Waals surface area contributed by atoms with Crippen molar-refractivity contribution in [3.05, 3.63) is 59.7 Å². The van der Waals surface area contributed by atoms with Crippen LogP contribution in [0.3, 0.4) is 0 Å². The molecule has 1 aromatic carbocycles. The quantitative estimate of drug-likeness (QED) is 0.409. The van der Waals surface area contributed by atoms with Crippen molar-refractivity contribution >= 4 is 27.2 Å². The first kappa shape index (κ1) is 28.0. The minimum Gasteiger partial charge on any atom is -0.491 e. The Labute approximate surface area is 235 Å². The number of nitrogen functional groups attached to an aromatic ring is 1. The van der Waals surface area contributed by atoms with E-state index in [-0.39, 0.29) is 22.7 Å². The number of hydrogen-bond acceptors (Lipinski definition) is 9. The molecule has 3 heterocycles. The Morgan fingerprint density at radius 3 is 2.67 bits per heavy atom. The Balaban J connectivity index is 1.48. The van der Waals surface area contributed by atoms with Crippen molar-refractivity contribution in [2.45, 2.75) is 58.0 Å². The predicted octanol–water partition coefficient (Wildman–Crippen LogP) is 3.52. The van der Waals surface area contributed by atoms with E-state index in [1.54, 1.807) is 32.4 Å². The highest BCUT2D eigenvalue weighted by molar-refractivity contribution is 7.89. The number of allylic oxidation sites excluding steroid dienone is 2. The number of nitrogens with one attached hydrogen (secondary N) is 1. The molecule has 0 saturated heterocycles. The number of pyridine rings is 1. The van der Waals surface area contributed by atoms with E-state index in [1.165, 1.54) is 0 Å². The summed E-state index contributed by atoms with van der Waals surface area (Å²) >= 11 is 0. The standard InChI is InChI=1S/C29H37N7O3S/c1-18-12-28(2,3)13-22-25(18)33-17-34-27(22)36-8-9-39-23-7-6-19(10-21(23)15-36)20-11-24(26(30)32-14-20)40(37,38)35-16-29(4,5)31/h6-7,10-12,14,17,35H,8-9,13,15-16,31H2,1-5H3,(H2,30,32). The van der Waals surface area contributed by atoms with E-state index in [2.05, 4.69) is 46.4 Å². The van der Waals surface area contributed by atoms with Crippen LogP contribution in [-0.4, -0.2) is 48.6 Å². The van der Waals surface area contributed by atoms with Gasteiger partial charge in [0.15, 0.2) is 0 Å². The summed E-state index contributed by atoms with van der Waals surface area (Å²) in [6, 6.07) is 7.37. The Bertz CT molecular complexity index is 1590. The average Bonchev–Trinajstić information content (AvgIpc) is 3.08. The van der Waals surface area contributed by atoms with Crippen LogP contribution in [-0.2, 0) is 23.0 Å². The molecule has 11 heteroatoms. The highest BCUT2D eigenvalue weighted by atomic mass is 32.2. The van der Waals surface area contributed by atoms with Crippen molar-refractivity contribution in [2.24, 2.45) is 11.1 Å². The van der Waals surface area contributed by atoms with E-state index in [0.29, 0.717) is 25.3 Å². The van der Waals surface area contributed by atoms with Crippen molar-refractivity contribution in [3.8, 4) is 16.9 Å². The van der Waals surface area contributed by atoms with Crippen LogP contribution in [0.15, 0.2) is 47.8 Å². The van der Waals surface area contributed by atoms with Gasteiger partial charge >= 0.3 is 0 Å². The normalized spacial score (nSPS) is 16.9. The van der Waals surface area contributed by atoms with Crippen LogP contribution in [0.2, 0.25) is 0 Å². The molecule has 2 aromatic heterocycles. The Morgan fingerprint density at radius 2 is 1.93 bits per heavy atom. The second kappa shape index (κ2) is 10.1. The highest BCUT2D eigenvalue weighted by Crippen LogP contribution is 2.40. The SMILES string of the molecule is CC1=CC(C)(C)Cc2c1ncnc2N1CCOc2ccc(-c3cnc(N)c(S(=O)(=O)NCC(C)(C)N)c3)cc2C1. The molecule has 0 unspecified atom stereocenters. The number of fused-ring (bicyclic) bond motifs is 2. The third kappa shape index (κ3) is 5.81. The van der Waals surface area contributed by atoms with Gasteiger partial charge in [0, 0.05) is 41.5 Å². The lowest BCUT2D eigenvalue weighted by molar-refractivity contribution is 0.331. The number of ether oxygens (including phenoxy) is 1. The maximum atomic E-state index is 13.0. The van der Waals surface area contributed by atoms with E-state index in [0.717, 1.165) is 45.9 Å². The first-order chi connectivity index (χ1) is 18.7. The lowest BCUT2D eigenvalue weighted by atomic mass is 9.78. The molecule has 1 aliphatic carbocycles. The molecule has 10 nitrogen and oxygen atoms in total. The fourth-order valence-electron chi connectivity index (χ4n) is 5.28. The summed E-state index contributed by atoms with van der Waals surface area (Å²) in [4.78, 5) is 15.7. The van der Waals surface area contributed by atoms with Crippen LogP contribution in [0.25, 0.3) is 16.7 Å². The van der Waals surface area contributed by atoms with Crippen molar-refractivity contribution in [2.75, 3.05) is 30.3 Å². The van der Waals surface area contributed by atoms with Crippen LogP contribution < -0.4 is 25.8 Å². The summed E-state index contributed by atoms with van der Waals surface area (Å²) < 4.78 is 34.7. The largest absolute Gasteiger partial charge is 0.491 e. The fourth-order valence-corrected chi connectivity index (χ4v) is 6.61. The molecule has 5 N–H and O–H groups in total. The molecule has 0 bridgehead atoms.